The summed E-state index contributed by atoms with van der Waals surface area (Å²) in [7, 11) is 3.87. The summed E-state index contributed by atoms with van der Waals surface area (Å²) in [6.07, 6.45) is -3.88. The summed E-state index contributed by atoms with van der Waals surface area (Å²) in [5, 5.41) is 47.7. The van der Waals surface area contributed by atoms with Gasteiger partial charge in [0.15, 0.2) is 0 Å². The molecule has 10 heteroatoms. The van der Waals surface area contributed by atoms with Gasteiger partial charge in [-0.1, -0.05) is 42.5 Å². The fourth-order valence-electron chi connectivity index (χ4n) is 5.38. The monoisotopic (exact) mass is 613 g/mol. The molecule has 244 valence electrons. The Bertz CT molecular complexity index is 1260. The molecule has 0 bridgehead atoms. The first-order valence-electron chi connectivity index (χ1n) is 15.3. The minimum atomic E-state index is -1.46. The van der Waals surface area contributed by atoms with E-state index < -0.39 is 41.7 Å². The van der Waals surface area contributed by atoms with Gasteiger partial charge in [-0.25, -0.2) is 0 Å². The minimum absolute atomic E-state index is 0.160. The zero-order chi connectivity index (χ0) is 32.8. The van der Waals surface area contributed by atoms with Gasteiger partial charge in [0.05, 0.1) is 5.60 Å². The van der Waals surface area contributed by atoms with E-state index in [2.05, 4.69) is 22.8 Å². The van der Waals surface area contributed by atoms with Gasteiger partial charge in [0.1, 0.15) is 36.1 Å². The van der Waals surface area contributed by atoms with E-state index in [0.29, 0.717) is 31.4 Å². The second-order valence-corrected chi connectivity index (χ2v) is 13.4. The van der Waals surface area contributed by atoms with Crippen LogP contribution in [0, 0.1) is 6.92 Å². The summed E-state index contributed by atoms with van der Waals surface area (Å²) in [5.41, 5.74) is 2.53. The largest absolute Gasteiger partial charge is 0.388 e. The van der Waals surface area contributed by atoms with Crippen molar-refractivity contribution in [2.24, 2.45) is 0 Å². The number of nitrogens with zero attached hydrogens (tertiary/aromatic N) is 1. The number of ether oxygens (including phenoxy) is 1. The predicted octanol–water partition coefficient (Wildman–Crippen LogP) is 1.77. The van der Waals surface area contributed by atoms with Crippen LogP contribution in [0.1, 0.15) is 74.5 Å². The molecule has 2 aromatic rings. The van der Waals surface area contributed by atoms with E-state index in [9.17, 15) is 30.0 Å². The van der Waals surface area contributed by atoms with Crippen LogP contribution in [0.25, 0.3) is 0 Å². The molecule has 0 saturated carbocycles. The van der Waals surface area contributed by atoms with E-state index in [1.807, 2.05) is 56.3 Å². The maximum absolute atomic E-state index is 12.5. The van der Waals surface area contributed by atoms with Gasteiger partial charge in [0, 0.05) is 19.5 Å². The lowest BCUT2D eigenvalue weighted by molar-refractivity contribution is -0.261. The maximum Gasteiger partial charge on any atom is 0.245 e. The second kappa shape index (κ2) is 14.9. The maximum atomic E-state index is 12.5. The van der Waals surface area contributed by atoms with Crippen LogP contribution in [-0.4, -0.2) is 99.9 Å². The Morgan fingerprint density at radius 3 is 2.18 bits per heavy atom. The molecule has 0 aliphatic carbocycles. The van der Waals surface area contributed by atoms with Gasteiger partial charge in [0.2, 0.25) is 11.8 Å². The molecule has 1 saturated heterocycles. The Hall–Kier alpha value is -2.86. The number of hydrogen-bond donors (Lipinski definition) is 6. The van der Waals surface area contributed by atoms with Crippen LogP contribution < -0.4 is 10.6 Å². The van der Waals surface area contributed by atoms with E-state index in [0.717, 1.165) is 35.2 Å². The van der Waals surface area contributed by atoms with Crippen molar-refractivity contribution in [3.05, 3.63) is 70.3 Å². The molecule has 0 aromatic heterocycles. The van der Waals surface area contributed by atoms with Gasteiger partial charge in [-0.3, -0.25) is 9.59 Å². The number of benzene rings is 2. The summed E-state index contributed by atoms with van der Waals surface area (Å²) >= 11 is 0. The lowest BCUT2D eigenvalue weighted by Crippen LogP contribution is -2.60. The average Bonchev–Trinajstić information content (AvgIpc) is 2.93. The highest BCUT2D eigenvalue weighted by atomic mass is 16.5. The number of carbonyl (C=O) groups excluding carboxylic acids is 2. The highest BCUT2D eigenvalue weighted by Crippen LogP contribution is 2.37. The molecule has 3 rings (SSSR count). The number of aryl methyl sites for hydroxylation is 2. The highest BCUT2D eigenvalue weighted by Gasteiger charge is 2.49. The zero-order valence-corrected chi connectivity index (χ0v) is 27.1. The molecule has 2 amide bonds. The summed E-state index contributed by atoms with van der Waals surface area (Å²) in [5.74, 6) is -0.367. The molecule has 10 nitrogen and oxygen atoms in total. The molecule has 0 radical (unpaired) electrons. The second-order valence-electron chi connectivity index (χ2n) is 13.4. The SMILES string of the molecule is Cc1ccc([C@@H]2O[C@H](C(C)(C)O)[C@@H](O)[C@H](O)[C@H]2O)cc1Cc1ccc(CCCC(=O)NC(C)(C)C(=O)NCCN(C)C)cc1. The normalized spacial score (nSPS) is 22.6. The number of aliphatic hydroxyl groups is 4. The first-order chi connectivity index (χ1) is 20.5. The van der Waals surface area contributed by atoms with Gasteiger partial charge >= 0.3 is 0 Å². The first kappa shape index (κ1) is 35.6. The lowest BCUT2D eigenvalue weighted by atomic mass is 9.84. The van der Waals surface area contributed by atoms with E-state index in [1.165, 1.54) is 13.8 Å². The van der Waals surface area contributed by atoms with Crippen LogP contribution in [0.4, 0.5) is 0 Å². The van der Waals surface area contributed by atoms with Crippen LogP contribution in [0.5, 0.6) is 0 Å². The van der Waals surface area contributed by atoms with Crippen molar-refractivity contribution >= 4 is 11.8 Å². The van der Waals surface area contributed by atoms with Gasteiger partial charge in [0.25, 0.3) is 0 Å². The summed E-state index contributed by atoms with van der Waals surface area (Å²) in [6, 6.07) is 13.9. The number of carbonyl (C=O) groups is 2. The smallest absolute Gasteiger partial charge is 0.245 e. The van der Waals surface area contributed by atoms with Crippen molar-refractivity contribution in [3.8, 4) is 0 Å². The first-order valence-corrected chi connectivity index (χ1v) is 15.3. The van der Waals surface area contributed by atoms with Crippen LogP contribution in [0.15, 0.2) is 42.5 Å². The van der Waals surface area contributed by atoms with Gasteiger partial charge in [-0.2, -0.15) is 0 Å². The third-order valence-electron chi connectivity index (χ3n) is 8.16. The number of nitrogens with one attached hydrogen (secondary N) is 2. The van der Waals surface area contributed by atoms with E-state index >= 15 is 0 Å². The van der Waals surface area contributed by atoms with Crippen LogP contribution in [0.2, 0.25) is 0 Å². The Labute approximate surface area is 261 Å². The molecule has 1 heterocycles. The number of likely N-dealkylation sites (N-methyl/N-ethyl adjacent to an activating group) is 1. The van der Waals surface area contributed by atoms with E-state index in [4.69, 9.17) is 4.74 Å². The number of amides is 2. The van der Waals surface area contributed by atoms with Crippen molar-refractivity contribution < 1.29 is 34.8 Å². The number of rotatable bonds is 13. The third-order valence-corrected chi connectivity index (χ3v) is 8.16. The lowest BCUT2D eigenvalue weighted by Gasteiger charge is -2.45. The summed E-state index contributed by atoms with van der Waals surface area (Å²) in [4.78, 5) is 27.0. The summed E-state index contributed by atoms with van der Waals surface area (Å²) < 4.78 is 5.95. The highest BCUT2D eigenvalue weighted by molar-refractivity contribution is 5.90. The molecule has 1 aliphatic heterocycles. The van der Waals surface area contributed by atoms with Crippen LogP contribution in [0.3, 0.4) is 0 Å². The number of hydrogen-bond acceptors (Lipinski definition) is 8. The molecule has 6 N–H and O–H groups in total. The molecule has 1 fully saturated rings. The topological polar surface area (TPSA) is 152 Å². The Balaban J connectivity index is 1.56. The summed E-state index contributed by atoms with van der Waals surface area (Å²) in [6.45, 7) is 9.65. The minimum Gasteiger partial charge on any atom is -0.388 e. The standard InChI is InChI=1S/C34H51N3O7/c1-21-11-16-24(30-28(40)27(39)29(41)31(44-30)34(4,5)43)20-25(21)19-23-14-12-22(13-15-23)9-8-10-26(38)36-33(2,3)32(42)35-17-18-37(6)7/h11-16,20,27-31,39-41,43H,8-10,17-19H2,1-7H3,(H,35,42)(H,36,38)/t27-,28-,29+,30+,31+/m1/s1. The molecular weight excluding hydrogens is 562 g/mol. The van der Waals surface area contributed by atoms with Crippen molar-refractivity contribution in [3.63, 3.8) is 0 Å². The van der Waals surface area contributed by atoms with Crippen molar-refractivity contribution in [2.45, 2.75) is 102 Å². The van der Waals surface area contributed by atoms with Crippen molar-refractivity contribution in [1.29, 1.82) is 0 Å². The fourth-order valence-corrected chi connectivity index (χ4v) is 5.38. The van der Waals surface area contributed by atoms with Gasteiger partial charge in [-0.15, -0.1) is 0 Å². The van der Waals surface area contributed by atoms with E-state index in [1.54, 1.807) is 13.8 Å². The zero-order valence-electron chi connectivity index (χ0n) is 27.1. The van der Waals surface area contributed by atoms with Crippen LogP contribution >= 0.6 is 0 Å². The average molecular weight is 614 g/mol. The predicted molar refractivity (Wildman–Crippen MR) is 169 cm³/mol. The van der Waals surface area contributed by atoms with Gasteiger partial charge < -0.3 is 40.7 Å². The Morgan fingerprint density at radius 1 is 0.932 bits per heavy atom. The molecular formula is C34H51N3O7. The molecule has 0 unspecified atom stereocenters. The molecule has 5 atom stereocenters. The quantitative estimate of drug-likeness (QED) is 0.200. The fraction of sp³-hybridized carbons (Fsp3) is 0.588. The number of aliphatic hydroxyl groups excluding tert-OH is 3. The Morgan fingerprint density at radius 2 is 1.57 bits per heavy atom. The Kier molecular flexibility index (Phi) is 12.1. The molecule has 2 aromatic carbocycles. The van der Waals surface area contributed by atoms with Crippen molar-refractivity contribution in [2.75, 3.05) is 27.2 Å². The van der Waals surface area contributed by atoms with Crippen molar-refractivity contribution in [1.82, 2.24) is 15.5 Å². The molecule has 44 heavy (non-hydrogen) atoms. The van der Waals surface area contributed by atoms with Crippen LogP contribution in [-0.2, 0) is 27.2 Å². The molecule has 1 aliphatic rings. The van der Waals surface area contributed by atoms with E-state index in [-0.39, 0.29) is 11.8 Å². The van der Waals surface area contributed by atoms with Gasteiger partial charge in [-0.05, 0) is 95.8 Å². The molecule has 0 spiro atoms. The third kappa shape index (κ3) is 9.57.